The summed E-state index contributed by atoms with van der Waals surface area (Å²) >= 11 is 0. The van der Waals surface area contributed by atoms with Crippen LogP contribution in [0.5, 0.6) is 0 Å². The second kappa shape index (κ2) is 6.23. The molecule has 0 radical (unpaired) electrons. The molecule has 1 aromatic heterocycles. The maximum absolute atomic E-state index is 12.8. The Morgan fingerprint density at radius 1 is 1.38 bits per heavy atom. The number of aliphatic hydroxyl groups excluding tert-OH is 1. The molecule has 1 aliphatic rings. The van der Waals surface area contributed by atoms with Crippen LogP contribution in [0, 0.1) is 0 Å². The zero-order chi connectivity index (χ0) is 17.3. The van der Waals surface area contributed by atoms with Gasteiger partial charge in [-0.25, -0.2) is 4.68 Å². The van der Waals surface area contributed by atoms with Crippen LogP contribution >= 0.6 is 0 Å². The smallest absolute Gasteiger partial charge is 0.395 e. The number of rotatable bonds is 5. The van der Waals surface area contributed by atoms with E-state index in [-0.39, 0.29) is 36.5 Å². The summed E-state index contributed by atoms with van der Waals surface area (Å²) in [5.41, 5.74) is -0.604. The molecule has 0 aliphatic heterocycles. The Labute approximate surface area is 135 Å². The van der Waals surface area contributed by atoms with E-state index in [1.165, 1.54) is 23.2 Å². The lowest BCUT2D eigenvalue weighted by Gasteiger charge is -2.19. The number of benzene rings is 1. The van der Waals surface area contributed by atoms with Gasteiger partial charge in [0.2, 0.25) is 0 Å². The summed E-state index contributed by atoms with van der Waals surface area (Å²) in [6.07, 6.45) is -1.43. The Morgan fingerprint density at radius 3 is 2.75 bits per heavy atom. The molecule has 0 unspecified atom stereocenters. The number of hydrogen-bond acceptors (Lipinski definition) is 4. The van der Waals surface area contributed by atoms with Crippen LogP contribution in [0.1, 0.15) is 28.9 Å². The van der Waals surface area contributed by atoms with Crippen molar-refractivity contribution in [3.8, 4) is 5.69 Å². The average Bonchev–Trinajstić information content (AvgIpc) is 3.27. The zero-order valence-electron chi connectivity index (χ0n) is 12.6. The lowest BCUT2D eigenvalue weighted by Crippen LogP contribution is -2.35. The quantitative estimate of drug-likeness (QED) is 0.902. The monoisotopic (exact) mass is 340 g/mol. The number of aromatic nitrogens is 3. The van der Waals surface area contributed by atoms with Gasteiger partial charge in [0, 0.05) is 12.6 Å². The summed E-state index contributed by atoms with van der Waals surface area (Å²) in [5.74, 6) is -0.384. The minimum absolute atomic E-state index is 0.0350. The van der Waals surface area contributed by atoms with Gasteiger partial charge in [-0.3, -0.25) is 4.79 Å². The van der Waals surface area contributed by atoms with Crippen LogP contribution in [0.3, 0.4) is 0 Å². The van der Waals surface area contributed by atoms with Crippen molar-refractivity contribution in [1.29, 1.82) is 0 Å². The van der Waals surface area contributed by atoms with Crippen LogP contribution in [-0.2, 0) is 6.18 Å². The van der Waals surface area contributed by atoms with E-state index in [1.54, 1.807) is 0 Å². The standard InChI is InChI=1S/C15H15F3N4O2/c16-15(17,18)10-2-1-3-12(8-10)22-9-13(19-20-22)14(24)21(6-7-23)11-4-5-11/h1-3,8-9,11,23H,4-7H2. The Hall–Kier alpha value is -2.42. The maximum Gasteiger partial charge on any atom is 0.416 e. The molecular formula is C15H15F3N4O2. The number of carbonyl (C=O) groups excluding carboxylic acids is 1. The molecule has 2 aromatic rings. The van der Waals surface area contributed by atoms with Gasteiger partial charge < -0.3 is 10.0 Å². The summed E-state index contributed by atoms with van der Waals surface area (Å²) in [6, 6.07) is 4.70. The average molecular weight is 340 g/mol. The first kappa shape index (κ1) is 16.4. The van der Waals surface area contributed by atoms with E-state index >= 15 is 0 Å². The molecule has 1 heterocycles. The molecule has 1 amide bonds. The Kier molecular flexibility index (Phi) is 4.27. The number of nitrogens with zero attached hydrogens (tertiary/aromatic N) is 4. The normalized spacial score (nSPS) is 14.7. The maximum atomic E-state index is 12.8. The number of halogens is 3. The molecule has 1 N–H and O–H groups in total. The number of amides is 1. The minimum atomic E-state index is -4.46. The van der Waals surface area contributed by atoms with Crippen molar-refractivity contribution >= 4 is 5.91 Å². The Balaban J connectivity index is 1.84. The van der Waals surface area contributed by atoms with Gasteiger partial charge in [0.1, 0.15) is 0 Å². The van der Waals surface area contributed by atoms with Gasteiger partial charge in [-0.2, -0.15) is 13.2 Å². The van der Waals surface area contributed by atoms with Gasteiger partial charge in [0.05, 0.1) is 24.1 Å². The summed E-state index contributed by atoms with van der Waals surface area (Å²) in [4.78, 5) is 13.9. The predicted octanol–water partition coefficient (Wildman–Crippen LogP) is 1.88. The van der Waals surface area contributed by atoms with Crippen LogP contribution in [-0.4, -0.2) is 50.1 Å². The molecule has 128 valence electrons. The fourth-order valence-corrected chi connectivity index (χ4v) is 2.40. The second-order valence-electron chi connectivity index (χ2n) is 5.55. The van der Waals surface area contributed by atoms with Gasteiger partial charge >= 0.3 is 6.18 Å². The van der Waals surface area contributed by atoms with Crippen molar-refractivity contribution < 1.29 is 23.1 Å². The molecule has 1 fully saturated rings. The Morgan fingerprint density at radius 2 is 2.12 bits per heavy atom. The van der Waals surface area contributed by atoms with E-state index in [2.05, 4.69) is 10.3 Å². The highest BCUT2D eigenvalue weighted by atomic mass is 19.4. The largest absolute Gasteiger partial charge is 0.416 e. The molecule has 1 aromatic carbocycles. The highest BCUT2D eigenvalue weighted by molar-refractivity contribution is 5.92. The van der Waals surface area contributed by atoms with Crippen molar-refractivity contribution in [2.45, 2.75) is 25.1 Å². The number of aliphatic hydroxyl groups is 1. The molecule has 9 heteroatoms. The number of hydrogen-bond donors (Lipinski definition) is 1. The van der Waals surface area contributed by atoms with E-state index in [0.29, 0.717) is 0 Å². The SMILES string of the molecule is O=C(c1cn(-c2cccc(C(F)(F)F)c2)nn1)N(CCO)C1CC1. The van der Waals surface area contributed by atoms with Gasteiger partial charge in [0.15, 0.2) is 5.69 Å². The molecule has 1 aliphatic carbocycles. The summed E-state index contributed by atoms with van der Waals surface area (Å²) in [7, 11) is 0. The van der Waals surface area contributed by atoms with E-state index in [9.17, 15) is 18.0 Å². The van der Waals surface area contributed by atoms with Crippen molar-refractivity contribution in [1.82, 2.24) is 19.9 Å². The van der Waals surface area contributed by atoms with Crippen molar-refractivity contribution in [2.24, 2.45) is 0 Å². The summed E-state index contributed by atoms with van der Waals surface area (Å²) < 4.78 is 39.5. The van der Waals surface area contributed by atoms with Gasteiger partial charge in [-0.1, -0.05) is 11.3 Å². The first-order valence-corrected chi connectivity index (χ1v) is 7.42. The highest BCUT2D eigenvalue weighted by Crippen LogP contribution is 2.30. The fourth-order valence-electron chi connectivity index (χ4n) is 2.40. The van der Waals surface area contributed by atoms with Crippen molar-refractivity contribution in [3.63, 3.8) is 0 Å². The molecule has 1 saturated carbocycles. The van der Waals surface area contributed by atoms with Crippen LogP contribution in [0.25, 0.3) is 5.69 Å². The fraction of sp³-hybridized carbons (Fsp3) is 0.400. The molecule has 24 heavy (non-hydrogen) atoms. The summed E-state index contributed by atoms with van der Waals surface area (Å²) in [5, 5.41) is 16.6. The molecule has 0 saturated heterocycles. The third kappa shape index (κ3) is 3.40. The first-order chi connectivity index (χ1) is 11.4. The van der Waals surface area contributed by atoms with Crippen molar-refractivity contribution in [2.75, 3.05) is 13.2 Å². The lowest BCUT2D eigenvalue weighted by atomic mass is 10.2. The zero-order valence-corrected chi connectivity index (χ0v) is 12.6. The third-order valence-corrected chi connectivity index (χ3v) is 3.74. The van der Waals surface area contributed by atoms with Gasteiger partial charge in [0.25, 0.3) is 5.91 Å². The second-order valence-corrected chi connectivity index (χ2v) is 5.55. The predicted molar refractivity (Wildman–Crippen MR) is 77.5 cm³/mol. The molecule has 0 bridgehead atoms. The van der Waals surface area contributed by atoms with Crippen molar-refractivity contribution in [3.05, 3.63) is 41.7 Å². The lowest BCUT2D eigenvalue weighted by molar-refractivity contribution is -0.137. The Bertz CT molecular complexity index is 740. The van der Waals surface area contributed by atoms with Crippen LogP contribution in [0.4, 0.5) is 13.2 Å². The number of carbonyl (C=O) groups is 1. The molecule has 0 atom stereocenters. The molecule has 6 nitrogen and oxygen atoms in total. The molecule has 0 spiro atoms. The van der Waals surface area contributed by atoms with Crippen LogP contribution in [0.15, 0.2) is 30.5 Å². The molecular weight excluding hydrogens is 325 g/mol. The van der Waals surface area contributed by atoms with E-state index in [1.807, 2.05) is 0 Å². The highest BCUT2D eigenvalue weighted by Gasteiger charge is 2.34. The first-order valence-electron chi connectivity index (χ1n) is 7.42. The van der Waals surface area contributed by atoms with E-state index in [0.717, 1.165) is 29.7 Å². The molecule has 3 rings (SSSR count). The topological polar surface area (TPSA) is 71.2 Å². The van der Waals surface area contributed by atoms with Crippen LogP contribution < -0.4 is 0 Å². The van der Waals surface area contributed by atoms with Crippen LogP contribution in [0.2, 0.25) is 0 Å². The van der Waals surface area contributed by atoms with Gasteiger partial charge in [-0.05, 0) is 31.0 Å². The third-order valence-electron chi connectivity index (χ3n) is 3.74. The minimum Gasteiger partial charge on any atom is -0.395 e. The summed E-state index contributed by atoms with van der Waals surface area (Å²) in [6.45, 7) is 0.0317. The van der Waals surface area contributed by atoms with E-state index < -0.39 is 11.7 Å². The van der Waals surface area contributed by atoms with E-state index in [4.69, 9.17) is 5.11 Å². The number of alkyl halides is 3. The van der Waals surface area contributed by atoms with Gasteiger partial charge in [-0.15, -0.1) is 5.10 Å².